The molecule has 1 aromatic carbocycles. The topological polar surface area (TPSA) is 38.9 Å². The lowest BCUT2D eigenvalue weighted by molar-refractivity contribution is 0.315. The van der Waals surface area contributed by atoms with Gasteiger partial charge in [0.25, 0.3) is 0 Å². The lowest BCUT2D eigenvalue weighted by Gasteiger charge is -1.92. The van der Waals surface area contributed by atoms with E-state index in [-0.39, 0.29) is 0 Å². The van der Waals surface area contributed by atoms with Gasteiger partial charge in [-0.25, -0.2) is 4.63 Å². The molecule has 70 valence electrons. The molecule has 0 bridgehead atoms. The van der Waals surface area contributed by atoms with Crippen LogP contribution in [0, 0.1) is 0 Å². The molecule has 0 amide bonds. The Morgan fingerprint density at radius 1 is 1.23 bits per heavy atom. The van der Waals surface area contributed by atoms with Gasteiger partial charge in [0.05, 0.1) is 0 Å². The number of benzene rings is 1. The van der Waals surface area contributed by atoms with Crippen LogP contribution in [0.1, 0.15) is 26.3 Å². The first-order valence-electron chi connectivity index (χ1n) is 4.62. The summed E-state index contributed by atoms with van der Waals surface area (Å²) in [5, 5.41) is 7.54. The second-order valence-corrected chi connectivity index (χ2v) is 2.40. The van der Waals surface area contributed by atoms with Crippen LogP contribution in [0.5, 0.6) is 0 Å². The molecular weight excluding hydrogens is 164 g/mol. The summed E-state index contributed by atoms with van der Waals surface area (Å²) < 4.78 is 4.61. The van der Waals surface area contributed by atoms with Crippen LogP contribution in [0.4, 0.5) is 0 Å². The summed E-state index contributed by atoms with van der Waals surface area (Å²) in [5.74, 6) is 0. The van der Waals surface area contributed by atoms with Crippen LogP contribution in [-0.4, -0.2) is 10.3 Å². The average molecular weight is 178 g/mol. The minimum atomic E-state index is 0.837. The van der Waals surface area contributed by atoms with Gasteiger partial charge in [-0.15, -0.1) is 0 Å². The van der Waals surface area contributed by atoms with Crippen LogP contribution in [0.25, 0.3) is 11.0 Å². The first kappa shape index (κ1) is 9.71. The van der Waals surface area contributed by atoms with Crippen LogP contribution in [0.15, 0.2) is 22.8 Å². The molecule has 2 rings (SSSR count). The molecular formula is C10H14N2O. The highest BCUT2D eigenvalue weighted by atomic mass is 16.6. The van der Waals surface area contributed by atoms with Gasteiger partial charge in [0, 0.05) is 0 Å². The Balaban J connectivity index is 0.000000396. The van der Waals surface area contributed by atoms with Gasteiger partial charge < -0.3 is 0 Å². The Bertz CT molecular complexity index is 368. The zero-order valence-corrected chi connectivity index (χ0v) is 8.24. The summed E-state index contributed by atoms with van der Waals surface area (Å²) in [6, 6.07) is 5.89. The van der Waals surface area contributed by atoms with E-state index in [0.29, 0.717) is 0 Å². The second-order valence-electron chi connectivity index (χ2n) is 2.40. The molecule has 1 aromatic heterocycles. The van der Waals surface area contributed by atoms with Gasteiger partial charge in [-0.1, -0.05) is 32.9 Å². The van der Waals surface area contributed by atoms with Crippen LogP contribution >= 0.6 is 0 Å². The maximum Gasteiger partial charge on any atom is 0.138 e. The number of hydrogen-bond acceptors (Lipinski definition) is 3. The van der Waals surface area contributed by atoms with Crippen molar-refractivity contribution < 1.29 is 4.63 Å². The highest BCUT2D eigenvalue weighted by Crippen LogP contribution is 2.14. The molecule has 0 radical (unpaired) electrons. The molecule has 0 saturated carbocycles. The SMILES string of the molecule is CC.CCc1cccc2nonc12. The fourth-order valence-corrected chi connectivity index (χ4v) is 1.15. The minimum absolute atomic E-state index is 0.837. The predicted molar refractivity (Wildman–Crippen MR) is 52.5 cm³/mol. The summed E-state index contributed by atoms with van der Waals surface area (Å²) in [4.78, 5) is 0. The van der Waals surface area contributed by atoms with Crippen LogP contribution in [0.3, 0.4) is 0 Å². The third kappa shape index (κ3) is 1.86. The number of fused-ring (bicyclic) bond motifs is 1. The van der Waals surface area contributed by atoms with Crippen molar-refractivity contribution in [1.29, 1.82) is 0 Å². The van der Waals surface area contributed by atoms with Crippen molar-refractivity contribution in [3.05, 3.63) is 23.8 Å². The number of aromatic nitrogens is 2. The Hall–Kier alpha value is -1.38. The number of nitrogens with zero attached hydrogens (tertiary/aromatic N) is 2. The third-order valence-corrected chi connectivity index (χ3v) is 1.75. The van der Waals surface area contributed by atoms with E-state index < -0.39 is 0 Å². The van der Waals surface area contributed by atoms with Gasteiger partial charge >= 0.3 is 0 Å². The quantitative estimate of drug-likeness (QED) is 0.674. The van der Waals surface area contributed by atoms with E-state index in [2.05, 4.69) is 21.9 Å². The molecule has 0 unspecified atom stereocenters. The molecule has 0 aliphatic carbocycles. The van der Waals surface area contributed by atoms with Crippen molar-refractivity contribution >= 4 is 11.0 Å². The zero-order chi connectivity index (χ0) is 9.68. The van der Waals surface area contributed by atoms with E-state index in [9.17, 15) is 0 Å². The van der Waals surface area contributed by atoms with Gasteiger partial charge in [0.2, 0.25) is 0 Å². The zero-order valence-electron chi connectivity index (χ0n) is 8.24. The van der Waals surface area contributed by atoms with E-state index in [4.69, 9.17) is 0 Å². The van der Waals surface area contributed by atoms with Gasteiger partial charge in [0.1, 0.15) is 11.0 Å². The molecule has 2 aromatic rings. The lowest BCUT2D eigenvalue weighted by Crippen LogP contribution is -1.81. The second kappa shape index (κ2) is 4.60. The summed E-state index contributed by atoms with van der Waals surface area (Å²) in [5.41, 5.74) is 2.91. The van der Waals surface area contributed by atoms with E-state index in [1.807, 2.05) is 32.0 Å². The van der Waals surface area contributed by atoms with Crippen LogP contribution in [-0.2, 0) is 6.42 Å². The minimum Gasteiger partial charge on any atom is -0.243 e. The molecule has 0 N–H and O–H groups in total. The molecule has 0 atom stereocenters. The first-order valence-corrected chi connectivity index (χ1v) is 4.62. The predicted octanol–water partition coefficient (Wildman–Crippen LogP) is 2.81. The number of aryl methyl sites for hydroxylation is 1. The van der Waals surface area contributed by atoms with Gasteiger partial charge in [0.15, 0.2) is 0 Å². The van der Waals surface area contributed by atoms with Crippen LogP contribution in [0.2, 0.25) is 0 Å². The Labute approximate surface area is 77.7 Å². The fourth-order valence-electron chi connectivity index (χ4n) is 1.15. The van der Waals surface area contributed by atoms with Crippen molar-refractivity contribution in [2.75, 3.05) is 0 Å². The molecule has 0 fully saturated rings. The molecule has 0 aliphatic rings. The van der Waals surface area contributed by atoms with E-state index in [1.165, 1.54) is 5.56 Å². The molecule has 0 saturated heterocycles. The Kier molecular flexibility index (Phi) is 3.43. The fraction of sp³-hybridized carbons (Fsp3) is 0.400. The lowest BCUT2D eigenvalue weighted by atomic mass is 10.1. The maximum absolute atomic E-state index is 4.61. The van der Waals surface area contributed by atoms with Gasteiger partial charge in [-0.2, -0.15) is 0 Å². The largest absolute Gasteiger partial charge is 0.243 e. The average Bonchev–Trinajstić information content (AvgIpc) is 2.68. The highest BCUT2D eigenvalue weighted by Gasteiger charge is 2.02. The van der Waals surface area contributed by atoms with E-state index >= 15 is 0 Å². The van der Waals surface area contributed by atoms with Crippen molar-refractivity contribution in [2.45, 2.75) is 27.2 Å². The highest BCUT2D eigenvalue weighted by molar-refractivity contribution is 5.76. The molecule has 0 aliphatic heterocycles. The molecule has 0 spiro atoms. The van der Waals surface area contributed by atoms with Gasteiger partial charge in [-0.05, 0) is 28.4 Å². The summed E-state index contributed by atoms with van der Waals surface area (Å²) in [7, 11) is 0. The summed E-state index contributed by atoms with van der Waals surface area (Å²) in [6.45, 7) is 6.09. The number of rotatable bonds is 1. The van der Waals surface area contributed by atoms with Crippen molar-refractivity contribution in [1.82, 2.24) is 10.3 Å². The van der Waals surface area contributed by atoms with Crippen molar-refractivity contribution in [3.63, 3.8) is 0 Å². The van der Waals surface area contributed by atoms with E-state index in [1.54, 1.807) is 0 Å². The molecule has 13 heavy (non-hydrogen) atoms. The van der Waals surface area contributed by atoms with Crippen LogP contribution < -0.4 is 0 Å². The summed E-state index contributed by atoms with van der Waals surface area (Å²) >= 11 is 0. The maximum atomic E-state index is 4.61. The van der Waals surface area contributed by atoms with E-state index in [0.717, 1.165) is 17.5 Å². The monoisotopic (exact) mass is 178 g/mol. The third-order valence-electron chi connectivity index (χ3n) is 1.75. The smallest absolute Gasteiger partial charge is 0.138 e. The number of hydrogen-bond donors (Lipinski definition) is 0. The Morgan fingerprint density at radius 2 is 2.00 bits per heavy atom. The summed E-state index contributed by atoms with van der Waals surface area (Å²) in [6.07, 6.45) is 0.964. The standard InChI is InChI=1S/C8H8N2O.C2H6/c1-2-6-4-3-5-7-8(6)10-11-9-7;1-2/h3-5H,2H2,1H3;1-2H3. The first-order chi connectivity index (χ1) is 6.42. The van der Waals surface area contributed by atoms with Crippen molar-refractivity contribution in [3.8, 4) is 0 Å². The van der Waals surface area contributed by atoms with Gasteiger partial charge in [-0.3, -0.25) is 0 Å². The van der Waals surface area contributed by atoms with Crippen molar-refractivity contribution in [2.24, 2.45) is 0 Å². The molecule has 3 nitrogen and oxygen atoms in total. The molecule has 3 heteroatoms. The molecule has 1 heterocycles. The normalized spacial score (nSPS) is 9.46. The Morgan fingerprint density at radius 3 is 2.69 bits per heavy atom.